The molecule has 2 aromatic rings. The van der Waals surface area contributed by atoms with Crippen molar-refractivity contribution in [2.75, 3.05) is 31.5 Å². The predicted molar refractivity (Wildman–Crippen MR) is 79.2 cm³/mol. The van der Waals surface area contributed by atoms with E-state index in [1.54, 1.807) is 13.0 Å². The van der Waals surface area contributed by atoms with Gasteiger partial charge in [-0.25, -0.2) is 19.3 Å². The molecule has 0 saturated carbocycles. The zero-order chi connectivity index (χ0) is 14.5. The number of H-pyrrole nitrogens is 1. The minimum Gasteiger partial charge on any atom is -0.370 e. The highest BCUT2D eigenvalue weighted by Crippen LogP contribution is 2.07. The summed E-state index contributed by atoms with van der Waals surface area (Å²) in [5.74, 6) is 1.39. The van der Waals surface area contributed by atoms with Gasteiger partial charge in [-0.2, -0.15) is 5.10 Å². The van der Waals surface area contributed by atoms with Crippen molar-refractivity contribution < 1.29 is 0 Å². The van der Waals surface area contributed by atoms with Gasteiger partial charge in [0, 0.05) is 12.6 Å². The highest BCUT2D eigenvalue weighted by Gasteiger charge is 2.06. The minimum atomic E-state index is -0.252. The molecule has 0 bridgehead atoms. The first-order valence-electron chi connectivity index (χ1n) is 7.06. The summed E-state index contributed by atoms with van der Waals surface area (Å²) in [7, 11) is 0. The van der Waals surface area contributed by atoms with Crippen LogP contribution in [0.25, 0.3) is 5.65 Å². The van der Waals surface area contributed by atoms with E-state index in [0.29, 0.717) is 11.5 Å². The van der Waals surface area contributed by atoms with Crippen molar-refractivity contribution in [1.82, 2.24) is 24.5 Å². The highest BCUT2D eigenvalue weighted by atomic mass is 16.1. The third-order valence-corrected chi connectivity index (χ3v) is 3.42. The van der Waals surface area contributed by atoms with Gasteiger partial charge in [0.05, 0.1) is 0 Å². The number of aromatic amines is 1. The molecule has 0 aliphatic rings. The summed E-state index contributed by atoms with van der Waals surface area (Å²) in [6.07, 6.45) is 1.06. The van der Waals surface area contributed by atoms with Gasteiger partial charge in [-0.1, -0.05) is 13.8 Å². The SMILES string of the molecule is CCN(CC)CCCNc1cc2n[nH]c(=O)n2c(C)n1. The van der Waals surface area contributed by atoms with E-state index in [1.807, 2.05) is 0 Å². The summed E-state index contributed by atoms with van der Waals surface area (Å²) >= 11 is 0. The first-order chi connectivity index (χ1) is 9.65. The number of hydrogen-bond donors (Lipinski definition) is 2. The Bertz CT molecular complexity index is 613. The third kappa shape index (κ3) is 3.16. The summed E-state index contributed by atoms with van der Waals surface area (Å²) in [6, 6.07) is 1.78. The average molecular weight is 278 g/mol. The predicted octanol–water partition coefficient (Wildman–Crippen LogP) is 0.870. The fraction of sp³-hybridized carbons (Fsp3) is 0.615. The second kappa shape index (κ2) is 6.51. The lowest BCUT2D eigenvalue weighted by Crippen LogP contribution is -2.25. The summed E-state index contributed by atoms with van der Waals surface area (Å²) in [5.41, 5.74) is 0.340. The van der Waals surface area contributed by atoms with Crippen molar-refractivity contribution in [3.63, 3.8) is 0 Å². The van der Waals surface area contributed by atoms with Crippen molar-refractivity contribution in [2.24, 2.45) is 0 Å². The normalized spacial score (nSPS) is 11.4. The van der Waals surface area contributed by atoms with Gasteiger partial charge in [-0.05, 0) is 33.0 Å². The van der Waals surface area contributed by atoms with Crippen LogP contribution >= 0.6 is 0 Å². The van der Waals surface area contributed by atoms with Gasteiger partial charge in [0.2, 0.25) is 0 Å². The Kier molecular flexibility index (Phi) is 4.73. The number of anilines is 1. The quantitative estimate of drug-likeness (QED) is 0.735. The fourth-order valence-electron chi connectivity index (χ4n) is 2.25. The molecule has 110 valence electrons. The van der Waals surface area contributed by atoms with Crippen molar-refractivity contribution in [3.05, 3.63) is 22.4 Å². The van der Waals surface area contributed by atoms with E-state index >= 15 is 0 Å². The third-order valence-electron chi connectivity index (χ3n) is 3.42. The van der Waals surface area contributed by atoms with E-state index < -0.39 is 0 Å². The maximum absolute atomic E-state index is 11.5. The molecule has 0 radical (unpaired) electrons. The number of nitrogens with zero attached hydrogens (tertiary/aromatic N) is 4. The van der Waals surface area contributed by atoms with Crippen molar-refractivity contribution in [2.45, 2.75) is 27.2 Å². The zero-order valence-corrected chi connectivity index (χ0v) is 12.3. The van der Waals surface area contributed by atoms with Crippen LogP contribution in [0.5, 0.6) is 0 Å². The number of aromatic nitrogens is 4. The summed E-state index contributed by atoms with van der Waals surface area (Å²) in [6.45, 7) is 10.2. The second-order valence-electron chi connectivity index (χ2n) is 4.72. The van der Waals surface area contributed by atoms with Gasteiger partial charge in [-0.3, -0.25) is 0 Å². The number of nitrogens with one attached hydrogen (secondary N) is 2. The van der Waals surface area contributed by atoms with Crippen LogP contribution < -0.4 is 11.0 Å². The van der Waals surface area contributed by atoms with Crippen LogP contribution in [0.4, 0.5) is 5.82 Å². The molecule has 0 amide bonds. The summed E-state index contributed by atoms with van der Waals surface area (Å²) in [4.78, 5) is 18.2. The highest BCUT2D eigenvalue weighted by molar-refractivity contribution is 5.49. The molecule has 2 heterocycles. The van der Waals surface area contributed by atoms with Gasteiger partial charge < -0.3 is 10.2 Å². The first-order valence-corrected chi connectivity index (χ1v) is 7.06. The van der Waals surface area contributed by atoms with Gasteiger partial charge in [0.25, 0.3) is 0 Å². The molecule has 0 atom stereocenters. The van der Waals surface area contributed by atoms with E-state index in [4.69, 9.17) is 0 Å². The molecule has 0 aliphatic heterocycles. The van der Waals surface area contributed by atoms with Crippen LogP contribution in [0, 0.1) is 6.92 Å². The molecular formula is C13H22N6O. The Morgan fingerprint density at radius 1 is 1.40 bits per heavy atom. The lowest BCUT2D eigenvalue weighted by Gasteiger charge is -2.17. The van der Waals surface area contributed by atoms with Crippen LogP contribution in [0.2, 0.25) is 0 Å². The lowest BCUT2D eigenvalue weighted by atomic mass is 10.3. The molecule has 7 nitrogen and oxygen atoms in total. The molecule has 2 N–H and O–H groups in total. The zero-order valence-electron chi connectivity index (χ0n) is 12.3. The molecule has 7 heteroatoms. The molecule has 0 aliphatic carbocycles. The Morgan fingerprint density at radius 2 is 2.15 bits per heavy atom. The van der Waals surface area contributed by atoms with Crippen molar-refractivity contribution in [3.8, 4) is 0 Å². The summed E-state index contributed by atoms with van der Waals surface area (Å²) in [5, 5.41) is 9.67. The van der Waals surface area contributed by atoms with Crippen LogP contribution in [-0.2, 0) is 0 Å². The van der Waals surface area contributed by atoms with Gasteiger partial charge >= 0.3 is 5.69 Å². The second-order valence-corrected chi connectivity index (χ2v) is 4.72. The maximum Gasteiger partial charge on any atom is 0.349 e. The Balaban J connectivity index is 1.95. The number of rotatable bonds is 7. The van der Waals surface area contributed by atoms with E-state index in [2.05, 4.69) is 39.2 Å². The largest absolute Gasteiger partial charge is 0.370 e. The number of hydrogen-bond acceptors (Lipinski definition) is 5. The molecule has 0 saturated heterocycles. The number of aryl methyl sites for hydroxylation is 1. The first kappa shape index (κ1) is 14.5. The van der Waals surface area contributed by atoms with Crippen LogP contribution in [0.15, 0.2) is 10.9 Å². The Morgan fingerprint density at radius 3 is 2.85 bits per heavy atom. The molecule has 0 aromatic carbocycles. The monoisotopic (exact) mass is 278 g/mol. The Hall–Kier alpha value is -1.89. The molecule has 0 spiro atoms. The van der Waals surface area contributed by atoms with Crippen LogP contribution in [0.3, 0.4) is 0 Å². The lowest BCUT2D eigenvalue weighted by molar-refractivity contribution is 0.303. The molecular weight excluding hydrogens is 256 g/mol. The molecule has 0 fully saturated rings. The molecule has 2 aromatic heterocycles. The van der Waals surface area contributed by atoms with Crippen LogP contribution in [0.1, 0.15) is 26.1 Å². The van der Waals surface area contributed by atoms with Gasteiger partial charge in [-0.15, -0.1) is 0 Å². The number of fused-ring (bicyclic) bond motifs is 1. The standard InChI is InChI=1S/C13H22N6O/c1-4-18(5-2)8-6-7-14-11-9-12-16-17-13(20)19(12)10(3)15-11/h9,14H,4-8H2,1-3H3,(H,17,20). The molecule has 0 unspecified atom stereocenters. The maximum atomic E-state index is 11.5. The van der Waals surface area contributed by atoms with Gasteiger partial charge in [0.1, 0.15) is 11.6 Å². The average Bonchev–Trinajstić information content (AvgIpc) is 2.81. The van der Waals surface area contributed by atoms with E-state index in [1.165, 1.54) is 4.40 Å². The van der Waals surface area contributed by atoms with E-state index in [-0.39, 0.29) is 5.69 Å². The summed E-state index contributed by atoms with van der Waals surface area (Å²) < 4.78 is 1.46. The van der Waals surface area contributed by atoms with E-state index in [9.17, 15) is 4.79 Å². The molecule has 20 heavy (non-hydrogen) atoms. The van der Waals surface area contributed by atoms with Crippen molar-refractivity contribution in [1.29, 1.82) is 0 Å². The van der Waals surface area contributed by atoms with Crippen molar-refractivity contribution >= 4 is 11.5 Å². The fourth-order valence-corrected chi connectivity index (χ4v) is 2.25. The minimum absolute atomic E-state index is 0.252. The van der Waals surface area contributed by atoms with Crippen LogP contribution in [-0.4, -0.2) is 50.7 Å². The Labute approximate surface area is 118 Å². The smallest absolute Gasteiger partial charge is 0.349 e. The molecule has 2 rings (SSSR count). The topological polar surface area (TPSA) is 78.3 Å². The van der Waals surface area contributed by atoms with E-state index in [0.717, 1.165) is 38.4 Å². The van der Waals surface area contributed by atoms with Gasteiger partial charge in [0.15, 0.2) is 5.65 Å².